The number of ketones is 1. The summed E-state index contributed by atoms with van der Waals surface area (Å²) in [4.78, 5) is 39.0. The summed E-state index contributed by atoms with van der Waals surface area (Å²) in [7, 11) is 1.26. The summed E-state index contributed by atoms with van der Waals surface area (Å²) in [6.45, 7) is 7.11. The van der Waals surface area contributed by atoms with Crippen molar-refractivity contribution in [3.8, 4) is 0 Å². The van der Waals surface area contributed by atoms with Crippen LogP contribution < -0.4 is 5.32 Å². The third-order valence-electron chi connectivity index (χ3n) is 5.58. The van der Waals surface area contributed by atoms with Crippen molar-refractivity contribution in [3.63, 3.8) is 0 Å². The maximum atomic E-state index is 13.6. The van der Waals surface area contributed by atoms with Gasteiger partial charge >= 0.3 is 11.9 Å². The third-order valence-corrected chi connectivity index (χ3v) is 6.32. The zero-order valence-electron chi connectivity index (χ0n) is 18.0. The van der Waals surface area contributed by atoms with Crippen molar-refractivity contribution in [1.82, 2.24) is 5.32 Å². The lowest BCUT2D eigenvalue weighted by atomic mass is 9.69. The Bertz CT molecular complexity index is 1010. The van der Waals surface area contributed by atoms with Crippen LogP contribution in [0.3, 0.4) is 0 Å². The lowest BCUT2D eigenvalue weighted by Crippen LogP contribution is -2.43. The Labute approximate surface area is 191 Å². The number of methoxy groups -OCH3 is 1. The van der Waals surface area contributed by atoms with E-state index in [1.54, 1.807) is 39.0 Å². The molecule has 1 aromatic carbocycles. The van der Waals surface area contributed by atoms with Gasteiger partial charge in [-0.3, -0.25) is 9.59 Å². The second-order valence-electron chi connectivity index (χ2n) is 8.16. The Hall–Kier alpha value is -2.31. The second kappa shape index (κ2) is 9.05. The van der Waals surface area contributed by atoms with Crippen LogP contribution in [0.1, 0.15) is 45.6 Å². The summed E-state index contributed by atoms with van der Waals surface area (Å²) in [5.74, 6) is -3.44. The van der Waals surface area contributed by atoms with Gasteiger partial charge in [-0.2, -0.15) is 0 Å². The number of Topliss-reactive ketones (excluding diaryl/α,β-unsaturated/α-hetero) is 1. The van der Waals surface area contributed by atoms with E-state index in [4.69, 9.17) is 32.7 Å². The molecule has 0 radical (unpaired) electrons. The number of carbonyl (C=O) groups is 3. The average Bonchev–Trinajstić information content (AvgIpc) is 2.68. The lowest BCUT2D eigenvalue weighted by molar-refractivity contribution is -0.151. The summed E-state index contributed by atoms with van der Waals surface area (Å²) in [5.41, 5.74) is 2.56. The fourth-order valence-electron chi connectivity index (χ4n) is 4.25. The van der Waals surface area contributed by atoms with Crippen LogP contribution in [0.15, 0.2) is 40.7 Å². The largest absolute Gasteiger partial charge is 0.468 e. The molecular weight excluding hydrogens is 441 g/mol. The van der Waals surface area contributed by atoms with Gasteiger partial charge in [0.05, 0.1) is 28.8 Å². The molecule has 6 nitrogen and oxygen atoms in total. The van der Waals surface area contributed by atoms with E-state index < -0.39 is 23.8 Å². The molecule has 2 aliphatic rings. The minimum absolute atomic E-state index is 0.252. The number of hydrogen-bond acceptors (Lipinski definition) is 6. The van der Waals surface area contributed by atoms with Gasteiger partial charge in [-0.05, 0) is 50.8 Å². The molecule has 8 heteroatoms. The molecule has 1 N–H and O–H groups in total. The molecule has 1 aromatic rings. The summed E-state index contributed by atoms with van der Waals surface area (Å²) in [5, 5.41) is 3.87. The molecule has 0 bridgehead atoms. The van der Waals surface area contributed by atoms with Crippen LogP contribution in [0, 0.1) is 11.8 Å². The molecule has 3 rings (SSSR count). The van der Waals surface area contributed by atoms with Crippen LogP contribution >= 0.6 is 23.2 Å². The minimum atomic E-state index is -0.948. The molecule has 1 aliphatic heterocycles. The fourth-order valence-corrected chi connectivity index (χ4v) is 4.56. The van der Waals surface area contributed by atoms with Gasteiger partial charge in [-0.1, -0.05) is 36.2 Å². The predicted molar refractivity (Wildman–Crippen MR) is 118 cm³/mol. The molecular formula is C23H25Cl2NO5. The van der Waals surface area contributed by atoms with Crippen LogP contribution in [0.25, 0.3) is 0 Å². The Balaban J connectivity index is 2.21. The van der Waals surface area contributed by atoms with Crippen molar-refractivity contribution in [2.24, 2.45) is 11.8 Å². The van der Waals surface area contributed by atoms with Gasteiger partial charge in [-0.25, -0.2) is 4.79 Å². The standard InChI is InChI=1S/C23H25Cl2NO5/c1-10(2)31-23(29)18-12(4)26-16-8-11(3)17(22(28)30-5)21(27)20(16)19(18)13-6-7-14(24)15(25)9-13/h6-7,9-11,17,19,26H,8H2,1-5H3/t11-,17-,19+/m1/s1. The van der Waals surface area contributed by atoms with Crippen molar-refractivity contribution in [2.45, 2.75) is 46.1 Å². The van der Waals surface area contributed by atoms with E-state index in [9.17, 15) is 14.4 Å². The van der Waals surface area contributed by atoms with Crippen molar-refractivity contribution >= 4 is 40.9 Å². The van der Waals surface area contributed by atoms with Crippen LogP contribution in [0.2, 0.25) is 10.0 Å². The first-order valence-electron chi connectivity index (χ1n) is 10.1. The number of carbonyl (C=O) groups excluding carboxylic acids is 3. The van der Waals surface area contributed by atoms with Crippen LogP contribution in [-0.2, 0) is 23.9 Å². The molecule has 31 heavy (non-hydrogen) atoms. The molecule has 0 spiro atoms. The number of ether oxygens (including phenoxy) is 2. The van der Waals surface area contributed by atoms with Gasteiger partial charge in [0, 0.05) is 22.9 Å². The molecule has 0 unspecified atom stereocenters. The van der Waals surface area contributed by atoms with Gasteiger partial charge in [0.1, 0.15) is 5.92 Å². The van der Waals surface area contributed by atoms with Crippen molar-refractivity contribution in [1.29, 1.82) is 0 Å². The van der Waals surface area contributed by atoms with E-state index >= 15 is 0 Å². The Morgan fingerprint density at radius 3 is 2.45 bits per heavy atom. The number of allylic oxidation sites excluding steroid dienone is 3. The summed E-state index contributed by atoms with van der Waals surface area (Å²) in [6, 6.07) is 4.98. The zero-order chi connectivity index (χ0) is 23.0. The molecule has 0 aromatic heterocycles. The quantitative estimate of drug-likeness (QED) is 0.518. The van der Waals surface area contributed by atoms with Crippen LogP contribution in [-0.4, -0.2) is 30.9 Å². The predicted octanol–water partition coefficient (Wildman–Crippen LogP) is 4.56. The van der Waals surface area contributed by atoms with E-state index in [2.05, 4.69) is 5.32 Å². The van der Waals surface area contributed by atoms with Gasteiger partial charge in [0.25, 0.3) is 0 Å². The molecule has 0 amide bonds. The third kappa shape index (κ3) is 4.37. The van der Waals surface area contributed by atoms with Gasteiger partial charge in [0.2, 0.25) is 0 Å². The van der Waals surface area contributed by atoms with E-state index in [0.29, 0.717) is 44.6 Å². The SMILES string of the molecule is COC(=O)[C@H]1C(=O)C2=C(C[C@H]1C)NC(C)=C(C(=O)OC(C)C)[C@@H]2c1ccc(Cl)c(Cl)c1. The summed E-state index contributed by atoms with van der Waals surface area (Å²) >= 11 is 12.4. The number of nitrogens with one attached hydrogen (secondary N) is 1. The number of dihydropyridines is 1. The molecule has 1 heterocycles. The normalized spacial score (nSPS) is 23.5. The molecule has 0 saturated carbocycles. The van der Waals surface area contributed by atoms with E-state index in [-0.39, 0.29) is 17.8 Å². The Kier molecular flexibility index (Phi) is 6.82. The molecule has 0 saturated heterocycles. The summed E-state index contributed by atoms with van der Waals surface area (Å²) < 4.78 is 10.4. The lowest BCUT2D eigenvalue weighted by Gasteiger charge is -2.38. The number of hydrogen-bond donors (Lipinski definition) is 1. The molecule has 1 aliphatic carbocycles. The number of rotatable bonds is 4. The molecule has 3 atom stereocenters. The van der Waals surface area contributed by atoms with E-state index in [0.717, 1.165) is 0 Å². The van der Waals surface area contributed by atoms with Gasteiger partial charge < -0.3 is 14.8 Å². The number of halogens is 2. The topological polar surface area (TPSA) is 81.7 Å². The molecule has 166 valence electrons. The first kappa shape index (κ1) is 23.4. The first-order valence-corrected chi connectivity index (χ1v) is 10.8. The van der Waals surface area contributed by atoms with Crippen molar-refractivity contribution in [3.05, 3.63) is 56.3 Å². The Morgan fingerprint density at radius 1 is 1.19 bits per heavy atom. The van der Waals surface area contributed by atoms with E-state index in [1.165, 1.54) is 7.11 Å². The average molecular weight is 466 g/mol. The van der Waals surface area contributed by atoms with Crippen LogP contribution in [0.5, 0.6) is 0 Å². The Morgan fingerprint density at radius 2 is 1.87 bits per heavy atom. The highest BCUT2D eigenvalue weighted by Crippen LogP contribution is 2.46. The minimum Gasteiger partial charge on any atom is -0.468 e. The summed E-state index contributed by atoms with van der Waals surface area (Å²) in [6.07, 6.45) is 0.116. The maximum Gasteiger partial charge on any atom is 0.337 e. The number of esters is 2. The first-order chi connectivity index (χ1) is 14.6. The highest BCUT2D eigenvalue weighted by Gasteiger charge is 2.47. The van der Waals surface area contributed by atoms with E-state index in [1.807, 2.05) is 6.92 Å². The zero-order valence-corrected chi connectivity index (χ0v) is 19.6. The maximum absolute atomic E-state index is 13.6. The smallest absolute Gasteiger partial charge is 0.337 e. The van der Waals surface area contributed by atoms with Crippen LogP contribution in [0.4, 0.5) is 0 Å². The second-order valence-corrected chi connectivity index (χ2v) is 8.98. The van der Waals surface area contributed by atoms with Crippen molar-refractivity contribution < 1.29 is 23.9 Å². The van der Waals surface area contributed by atoms with Gasteiger partial charge in [0.15, 0.2) is 5.78 Å². The fraction of sp³-hybridized carbons (Fsp3) is 0.435. The highest BCUT2D eigenvalue weighted by atomic mass is 35.5. The monoisotopic (exact) mass is 465 g/mol. The van der Waals surface area contributed by atoms with Crippen molar-refractivity contribution in [2.75, 3.05) is 7.11 Å². The molecule has 0 fully saturated rings. The van der Waals surface area contributed by atoms with Gasteiger partial charge in [-0.15, -0.1) is 0 Å². The number of benzene rings is 1. The highest BCUT2D eigenvalue weighted by molar-refractivity contribution is 6.42.